The predicted octanol–water partition coefficient (Wildman–Crippen LogP) is 5.75. The zero-order valence-corrected chi connectivity index (χ0v) is 20.5. The van der Waals surface area contributed by atoms with Crippen molar-refractivity contribution in [2.45, 2.75) is 33.3 Å². The van der Waals surface area contributed by atoms with E-state index in [-0.39, 0.29) is 12.4 Å². The molecule has 2 heterocycles. The molecule has 6 nitrogen and oxygen atoms in total. The van der Waals surface area contributed by atoms with E-state index in [4.69, 9.17) is 19.2 Å². The predicted molar refractivity (Wildman–Crippen MR) is 135 cm³/mol. The van der Waals surface area contributed by atoms with Crippen LogP contribution >= 0.6 is 0 Å². The number of aromatic nitrogens is 2. The molecule has 4 aromatic rings. The Morgan fingerprint density at radius 2 is 1.89 bits per heavy atom. The summed E-state index contributed by atoms with van der Waals surface area (Å²) in [6.07, 6.45) is 0. The van der Waals surface area contributed by atoms with Crippen LogP contribution in [0.3, 0.4) is 0 Å². The maximum absolute atomic E-state index is 14.0. The standard InChI is InChI=1S/C29H26FN3O3/c1-18(13-31)28-23-9-7-19(11-21(23)16-36-26-12-22(30)8-10-24(26)28)14-33-25-6-4-5-20(15-34-2)29(25)32-27(33)17-35-3/h4-12H,14-17H2,1-3H3/b28-18-. The summed E-state index contributed by atoms with van der Waals surface area (Å²) in [4.78, 5) is 4.86. The number of hydrogen-bond acceptors (Lipinski definition) is 5. The number of allylic oxidation sites excluding steroid dienone is 1. The number of hydrogen-bond donors (Lipinski definition) is 0. The first-order valence-corrected chi connectivity index (χ1v) is 11.6. The van der Waals surface area contributed by atoms with Crippen molar-refractivity contribution in [2.75, 3.05) is 14.2 Å². The third-order valence-corrected chi connectivity index (χ3v) is 6.43. The van der Waals surface area contributed by atoms with Gasteiger partial charge in [-0.05, 0) is 47.9 Å². The Bertz CT molecular complexity index is 1530. The summed E-state index contributed by atoms with van der Waals surface area (Å²) in [6, 6.07) is 18.9. The quantitative estimate of drug-likeness (QED) is 0.327. The molecule has 0 saturated carbocycles. The van der Waals surface area contributed by atoms with E-state index in [1.165, 1.54) is 12.1 Å². The van der Waals surface area contributed by atoms with Gasteiger partial charge in [-0.25, -0.2) is 9.37 Å². The Kier molecular flexibility index (Phi) is 6.55. The fourth-order valence-electron chi connectivity index (χ4n) is 4.81. The van der Waals surface area contributed by atoms with E-state index in [0.29, 0.717) is 31.1 Å². The molecule has 0 bridgehead atoms. The van der Waals surface area contributed by atoms with Crippen molar-refractivity contribution < 1.29 is 18.6 Å². The van der Waals surface area contributed by atoms with E-state index < -0.39 is 0 Å². The van der Waals surface area contributed by atoms with Crippen LogP contribution in [0, 0.1) is 17.1 Å². The van der Waals surface area contributed by atoms with Gasteiger partial charge in [-0.1, -0.05) is 24.3 Å². The topological polar surface area (TPSA) is 69.3 Å². The molecule has 36 heavy (non-hydrogen) atoms. The molecule has 3 aromatic carbocycles. The number of nitriles is 1. The molecule has 1 aromatic heterocycles. The van der Waals surface area contributed by atoms with Gasteiger partial charge >= 0.3 is 0 Å². The van der Waals surface area contributed by atoms with Gasteiger partial charge in [0.2, 0.25) is 0 Å². The van der Waals surface area contributed by atoms with Crippen molar-refractivity contribution in [3.8, 4) is 11.8 Å². The van der Waals surface area contributed by atoms with Crippen molar-refractivity contribution in [1.82, 2.24) is 9.55 Å². The van der Waals surface area contributed by atoms with Crippen molar-refractivity contribution in [3.05, 3.63) is 99.6 Å². The summed E-state index contributed by atoms with van der Waals surface area (Å²) in [5, 5.41) is 9.70. The first-order valence-electron chi connectivity index (χ1n) is 11.6. The monoisotopic (exact) mass is 483 g/mol. The Morgan fingerprint density at radius 1 is 1.08 bits per heavy atom. The molecule has 0 saturated heterocycles. The van der Waals surface area contributed by atoms with Gasteiger partial charge in [-0.2, -0.15) is 5.26 Å². The number of halogens is 1. The summed E-state index contributed by atoms with van der Waals surface area (Å²) in [6.45, 7) is 3.49. The summed E-state index contributed by atoms with van der Waals surface area (Å²) >= 11 is 0. The van der Waals surface area contributed by atoms with Crippen molar-refractivity contribution in [3.63, 3.8) is 0 Å². The molecule has 0 fully saturated rings. The van der Waals surface area contributed by atoms with Gasteiger partial charge in [0.05, 0.1) is 23.7 Å². The third-order valence-electron chi connectivity index (χ3n) is 6.43. The van der Waals surface area contributed by atoms with Crippen LogP contribution in [0.15, 0.2) is 60.2 Å². The molecule has 0 amide bonds. The van der Waals surface area contributed by atoms with Gasteiger partial charge in [-0.15, -0.1) is 0 Å². The van der Waals surface area contributed by atoms with Gasteiger partial charge in [0.15, 0.2) is 0 Å². The molecule has 0 N–H and O–H groups in total. The van der Waals surface area contributed by atoms with E-state index in [1.807, 2.05) is 18.2 Å². The highest BCUT2D eigenvalue weighted by Crippen LogP contribution is 2.39. The largest absolute Gasteiger partial charge is 0.488 e. The highest BCUT2D eigenvalue weighted by Gasteiger charge is 2.23. The van der Waals surface area contributed by atoms with Crippen LogP contribution < -0.4 is 4.74 Å². The first-order chi connectivity index (χ1) is 17.5. The fourth-order valence-corrected chi connectivity index (χ4v) is 4.81. The van der Waals surface area contributed by atoms with Crippen LogP contribution in [0.2, 0.25) is 0 Å². The number of rotatable bonds is 6. The minimum absolute atomic E-state index is 0.273. The summed E-state index contributed by atoms with van der Waals surface area (Å²) in [7, 11) is 3.33. The Hall–Kier alpha value is -3.99. The second-order valence-electron chi connectivity index (χ2n) is 8.80. The minimum Gasteiger partial charge on any atom is -0.488 e. The van der Waals surface area contributed by atoms with Crippen molar-refractivity contribution >= 4 is 16.6 Å². The average Bonchev–Trinajstić information content (AvgIpc) is 3.13. The van der Waals surface area contributed by atoms with Gasteiger partial charge in [0, 0.05) is 49.1 Å². The molecular weight excluding hydrogens is 457 g/mol. The van der Waals surface area contributed by atoms with E-state index in [2.05, 4.69) is 28.8 Å². The maximum atomic E-state index is 14.0. The van der Waals surface area contributed by atoms with Crippen molar-refractivity contribution in [1.29, 1.82) is 5.26 Å². The van der Waals surface area contributed by atoms with Crippen LogP contribution in [0.25, 0.3) is 16.6 Å². The molecule has 1 aliphatic rings. The Labute approximate surface area is 209 Å². The molecule has 7 heteroatoms. The lowest BCUT2D eigenvalue weighted by molar-refractivity contribution is 0.175. The normalized spacial score (nSPS) is 14.0. The maximum Gasteiger partial charge on any atom is 0.136 e. The first kappa shape index (κ1) is 23.7. The van der Waals surface area contributed by atoms with Gasteiger partial charge < -0.3 is 18.8 Å². The number of fused-ring (bicyclic) bond motifs is 3. The molecule has 0 spiro atoms. The fraction of sp³-hybridized carbons (Fsp3) is 0.241. The van der Waals surface area contributed by atoms with E-state index in [0.717, 1.165) is 50.2 Å². The highest BCUT2D eigenvalue weighted by molar-refractivity contribution is 5.88. The molecule has 0 radical (unpaired) electrons. The molecule has 1 aliphatic heterocycles. The third kappa shape index (κ3) is 4.26. The number of benzene rings is 3. The number of nitrogens with zero attached hydrogens (tertiary/aromatic N) is 3. The summed E-state index contributed by atoms with van der Waals surface area (Å²) in [5.41, 5.74) is 7.87. The van der Waals surface area contributed by atoms with Crippen LogP contribution in [-0.2, 0) is 35.8 Å². The molecule has 0 aliphatic carbocycles. The lowest BCUT2D eigenvalue weighted by Gasteiger charge is -2.14. The summed E-state index contributed by atoms with van der Waals surface area (Å²) < 4.78 is 32.9. The van der Waals surface area contributed by atoms with Crippen LogP contribution in [0.1, 0.15) is 40.6 Å². The minimum atomic E-state index is -0.375. The van der Waals surface area contributed by atoms with Gasteiger partial charge in [0.1, 0.15) is 30.6 Å². The summed E-state index contributed by atoms with van der Waals surface area (Å²) in [5.74, 6) is 0.886. The smallest absolute Gasteiger partial charge is 0.136 e. The van der Waals surface area contributed by atoms with Gasteiger partial charge in [-0.3, -0.25) is 0 Å². The average molecular weight is 484 g/mol. The zero-order chi connectivity index (χ0) is 25.2. The molecule has 0 unspecified atom stereocenters. The number of methoxy groups -OCH3 is 2. The van der Waals surface area contributed by atoms with Crippen LogP contribution in [0.4, 0.5) is 4.39 Å². The number of imidazole rings is 1. The van der Waals surface area contributed by atoms with Gasteiger partial charge in [0.25, 0.3) is 0 Å². The second kappa shape index (κ2) is 9.94. The Morgan fingerprint density at radius 3 is 2.67 bits per heavy atom. The Balaban J connectivity index is 1.59. The van der Waals surface area contributed by atoms with Crippen LogP contribution in [-0.4, -0.2) is 23.8 Å². The van der Waals surface area contributed by atoms with Crippen LogP contribution in [0.5, 0.6) is 5.75 Å². The SMILES string of the molecule is COCc1cccc2c1nc(COC)n2Cc1ccc2c(c1)COc1cc(F)ccc1/C2=C(/C)C#N. The molecule has 0 atom stereocenters. The molecule has 5 rings (SSSR count). The number of ether oxygens (including phenoxy) is 3. The molecular formula is C29H26FN3O3. The number of para-hydroxylation sites is 1. The van der Waals surface area contributed by atoms with Crippen molar-refractivity contribution in [2.24, 2.45) is 0 Å². The lowest BCUT2D eigenvalue weighted by Crippen LogP contribution is -2.07. The highest BCUT2D eigenvalue weighted by atomic mass is 19.1. The van der Waals surface area contributed by atoms with E-state index in [9.17, 15) is 9.65 Å². The molecule has 182 valence electrons. The second-order valence-corrected chi connectivity index (χ2v) is 8.80. The van der Waals surface area contributed by atoms with E-state index in [1.54, 1.807) is 27.2 Å². The lowest BCUT2D eigenvalue weighted by atomic mass is 9.90. The zero-order valence-electron chi connectivity index (χ0n) is 20.5. The van der Waals surface area contributed by atoms with E-state index >= 15 is 0 Å².